The Labute approximate surface area is 105 Å². The molecule has 0 amide bonds. The molecule has 0 aromatic carbocycles. The van der Waals surface area contributed by atoms with E-state index in [0.29, 0.717) is 11.1 Å². The van der Waals surface area contributed by atoms with Crippen molar-refractivity contribution in [2.75, 3.05) is 19.6 Å². The van der Waals surface area contributed by atoms with E-state index in [1.807, 2.05) is 0 Å². The zero-order valence-electron chi connectivity index (χ0n) is 8.23. The molecule has 1 unspecified atom stereocenters. The van der Waals surface area contributed by atoms with Crippen LogP contribution in [-0.2, 0) is 0 Å². The van der Waals surface area contributed by atoms with Crippen molar-refractivity contribution < 1.29 is 0 Å². The lowest BCUT2D eigenvalue weighted by Crippen LogP contribution is -2.25. The molecular weight excluding hydrogens is 253 g/mol. The number of nitrogens with zero attached hydrogens (tertiary/aromatic N) is 3. The first-order valence-electron chi connectivity index (χ1n) is 5.05. The first-order valence-corrected chi connectivity index (χ1v) is 6.16. The Hall–Kier alpha value is 0.1000. The van der Waals surface area contributed by atoms with Crippen molar-refractivity contribution >= 4 is 35.7 Å². The second-order valence-electron chi connectivity index (χ2n) is 4.21. The summed E-state index contributed by atoms with van der Waals surface area (Å²) < 4.78 is 8.38. The summed E-state index contributed by atoms with van der Waals surface area (Å²) in [7, 11) is 0. The van der Waals surface area contributed by atoms with Crippen LogP contribution >= 0.6 is 35.7 Å². The van der Waals surface area contributed by atoms with Crippen LogP contribution in [0, 0.1) is 5.92 Å². The van der Waals surface area contributed by atoms with Crippen molar-refractivity contribution in [2.45, 2.75) is 18.8 Å². The molecule has 1 aromatic heterocycles. The molecule has 3 heterocycles. The topological polar surface area (TPSA) is 29.0 Å². The molecule has 3 atom stereocenters. The van der Waals surface area contributed by atoms with E-state index in [1.54, 1.807) is 0 Å². The van der Waals surface area contributed by atoms with Crippen LogP contribution in [0.15, 0.2) is 0 Å². The Bertz CT molecular complexity index is 344. The van der Waals surface area contributed by atoms with Gasteiger partial charge in [-0.25, -0.2) is 0 Å². The predicted octanol–water partition coefficient (Wildman–Crippen LogP) is 2.42. The maximum absolute atomic E-state index is 6.03. The third-order valence-electron chi connectivity index (χ3n) is 3.39. The van der Waals surface area contributed by atoms with Gasteiger partial charge in [-0.05, 0) is 25.3 Å². The molecule has 84 valence electrons. The van der Waals surface area contributed by atoms with Crippen LogP contribution in [0.2, 0.25) is 5.15 Å². The van der Waals surface area contributed by atoms with E-state index in [0.717, 1.165) is 18.2 Å². The van der Waals surface area contributed by atoms with Gasteiger partial charge in [0.15, 0.2) is 5.15 Å². The van der Waals surface area contributed by atoms with Gasteiger partial charge in [0.25, 0.3) is 0 Å². The number of aromatic nitrogens is 2. The Morgan fingerprint density at radius 3 is 2.87 bits per heavy atom. The molecule has 0 saturated carbocycles. The molecule has 3 rings (SSSR count). The van der Waals surface area contributed by atoms with Crippen molar-refractivity contribution in [3.05, 3.63) is 10.8 Å². The van der Waals surface area contributed by atoms with E-state index in [2.05, 4.69) is 13.6 Å². The van der Waals surface area contributed by atoms with Crippen molar-refractivity contribution in [3.63, 3.8) is 0 Å². The van der Waals surface area contributed by atoms with Crippen molar-refractivity contribution in [2.24, 2.45) is 5.92 Å². The number of rotatable bonds is 1. The number of hydrogen-bond donors (Lipinski definition) is 0. The summed E-state index contributed by atoms with van der Waals surface area (Å²) in [6, 6.07) is 0. The van der Waals surface area contributed by atoms with Gasteiger partial charge in [-0.2, -0.15) is 8.75 Å². The molecule has 0 N–H and O–H groups in total. The first-order chi connectivity index (χ1) is 6.84. The molecule has 6 heteroatoms. The lowest BCUT2D eigenvalue weighted by Gasteiger charge is -2.21. The largest absolute Gasteiger partial charge is 0.302 e. The van der Waals surface area contributed by atoms with Gasteiger partial charge < -0.3 is 4.90 Å². The molecule has 15 heavy (non-hydrogen) atoms. The average molecular weight is 266 g/mol. The summed E-state index contributed by atoms with van der Waals surface area (Å²) in [4.78, 5) is 2.52. The molecule has 2 saturated heterocycles. The molecule has 0 spiro atoms. The molecule has 3 nitrogen and oxygen atoms in total. The third kappa shape index (κ3) is 2.00. The average Bonchev–Trinajstić information content (AvgIpc) is 2.71. The second-order valence-corrected chi connectivity index (χ2v) is 5.10. The van der Waals surface area contributed by atoms with Crippen molar-refractivity contribution in [1.29, 1.82) is 0 Å². The summed E-state index contributed by atoms with van der Waals surface area (Å²) >= 11 is 7.27. The Kier molecular flexibility index (Phi) is 3.50. The minimum absolute atomic E-state index is 0. The highest BCUT2D eigenvalue weighted by Crippen LogP contribution is 2.40. The van der Waals surface area contributed by atoms with E-state index in [1.165, 1.54) is 37.7 Å². The molecule has 2 bridgehead atoms. The number of hydrogen-bond acceptors (Lipinski definition) is 4. The summed E-state index contributed by atoms with van der Waals surface area (Å²) in [6.45, 7) is 3.62. The highest BCUT2D eigenvalue weighted by Gasteiger charge is 2.38. The van der Waals surface area contributed by atoms with Crippen LogP contribution in [0.1, 0.15) is 24.5 Å². The lowest BCUT2D eigenvalue weighted by atomic mass is 9.89. The van der Waals surface area contributed by atoms with Crippen LogP contribution in [0.25, 0.3) is 0 Å². The third-order valence-corrected chi connectivity index (χ3v) is 4.31. The Morgan fingerprint density at radius 2 is 2.20 bits per heavy atom. The van der Waals surface area contributed by atoms with Gasteiger partial charge in [-0.3, -0.25) is 0 Å². The highest BCUT2D eigenvalue weighted by molar-refractivity contribution is 6.99. The molecule has 0 radical (unpaired) electrons. The SMILES string of the molecule is Cl.Clc1nsnc1[C@H]1CN2CCC[C@@H]1C2. The van der Waals surface area contributed by atoms with Crippen LogP contribution in [-0.4, -0.2) is 33.3 Å². The summed E-state index contributed by atoms with van der Waals surface area (Å²) in [6.07, 6.45) is 2.66. The Balaban J connectivity index is 0.000000853. The van der Waals surface area contributed by atoms with Gasteiger partial charge in [-0.1, -0.05) is 11.6 Å². The monoisotopic (exact) mass is 265 g/mol. The van der Waals surface area contributed by atoms with Gasteiger partial charge in [-0.15, -0.1) is 12.4 Å². The number of fused-ring (bicyclic) bond motifs is 2. The van der Waals surface area contributed by atoms with Gasteiger partial charge in [0.2, 0.25) is 0 Å². The fourth-order valence-corrected chi connectivity index (χ4v) is 3.57. The predicted molar refractivity (Wildman–Crippen MR) is 64.1 cm³/mol. The van der Waals surface area contributed by atoms with Crippen LogP contribution in [0.5, 0.6) is 0 Å². The maximum Gasteiger partial charge on any atom is 0.166 e. The first kappa shape index (κ1) is 11.6. The second kappa shape index (κ2) is 4.53. The van der Waals surface area contributed by atoms with Crippen LogP contribution in [0.3, 0.4) is 0 Å². The summed E-state index contributed by atoms with van der Waals surface area (Å²) in [5, 5.41) is 0.633. The van der Waals surface area contributed by atoms with Crippen molar-refractivity contribution in [3.8, 4) is 0 Å². The quantitative estimate of drug-likeness (QED) is 0.781. The number of halogens is 2. The molecule has 0 aliphatic carbocycles. The van der Waals surface area contributed by atoms with Crippen molar-refractivity contribution in [1.82, 2.24) is 13.6 Å². The minimum atomic E-state index is 0. The van der Waals surface area contributed by atoms with Gasteiger partial charge in [0.05, 0.1) is 17.4 Å². The van der Waals surface area contributed by atoms with E-state index >= 15 is 0 Å². The zero-order chi connectivity index (χ0) is 9.54. The smallest absolute Gasteiger partial charge is 0.166 e. The zero-order valence-corrected chi connectivity index (χ0v) is 10.6. The number of piperidine rings is 1. The molecule has 2 aliphatic heterocycles. The van der Waals surface area contributed by atoms with E-state index < -0.39 is 0 Å². The lowest BCUT2D eigenvalue weighted by molar-refractivity contribution is 0.269. The van der Waals surface area contributed by atoms with Gasteiger partial charge in [0.1, 0.15) is 0 Å². The minimum Gasteiger partial charge on any atom is -0.302 e. The molecule has 1 aromatic rings. The van der Waals surface area contributed by atoms with Gasteiger partial charge >= 0.3 is 0 Å². The summed E-state index contributed by atoms with van der Waals surface area (Å²) in [5.74, 6) is 1.31. The normalized spacial score (nSPS) is 33.8. The highest BCUT2D eigenvalue weighted by atomic mass is 35.5. The molecule has 2 fully saturated rings. The fraction of sp³-hybridized carbons (Fsp3) is 0.778. The fourth-order valence-electron chi connectivity index (χ4n) is 2.73. The van der Waals surface area contributed by atoms with Gasteiger partial charge in [0, 0.05) is 19.0 Å². The van der Waals surface area contributed by atoms with Crippen LogP contribution < -0.4 is 0 Å². The maximum atomic E-state index is 6.03. The standard InChI is InChI=1S/C9H12ClN3S.ClH/c10-9-8(11-14-12-9)7-5-13-3-1-2-6(7)4-13;/h6-7H,1-5H2;1H/t6-,7+;/m1./s1. The molecular formula is C9H13Cl2N3S. The van der Waals surface area contributed by atoms with E-state index in [-0.39, 0.29) is 12.4 Å². The Morgan fingerprint density at radius 1 is 1.33 bits per heavy atom. The van der Waals surface area contributed by atoms with E-state index in [4.69, 9.17) is 11.6 Å². The summed E-state index contributed by atoms with van der Waals surface area (Å²) in [5.41, 5.74) is 1.05. The molecule has 2 aliphatic rings. The van der Waals surface area contributed by atoms with E-state index in [9.17, 15) is 0 Å². The van der Waals surface area contributed by atoms with Crippen LogP contribution in [0.4, 0.5) is 0 Å².